The second-order valence-electron chi connectivity index (χ2n) is 4.35. The van der Waals surface area contributed by atoms with Crippen LogP contribution in [0.3, 0.4) is 0 Å². The van der Waals surface area contributed by atoms with Crippen molar-refractivity contribution in [2.24, 2.45) is 5.92 Å². The van der Waals surface area contributed by atoms with Gasteiger partial charge in [0.1, 0.15) is 5.69 Å². The van der Waals surface area contributed by atoms with E-state index in [0.717, 1.165) is 18.9 Å². The largest absolute Gasteiger partial charge is 0.455 e. The van der Waals surface area contributed by atoms with Gasteiger partial charge < -0.3 is 10.1 Å². The fourth-order valence-electron chi connectivity index (χ4n) is 1.52. The summed E-state index contributed by atoms with van der Waals surface area (Å²) < 4.78 is 4.78. The zero-order valence-corrected chi connectivity index (χ0v) is 11.1. The number of benzene rings is 1. The number of nitro groups is 1. The topological polar surface area (TPSA) is 98.5 Å². The van der Waals surface area contributed by atoms with Crippen molar-refractivity contribution in [2.75, 3.05) is 11.9 Å². The molecule has 20 heavy (non-hydrogen) atoms. The lowest BCUT2D eigenvalue weighted by Crippen LogP contribution is -2.21. The highest BCUT2D eigenvalue weighted by molar-refractivity contribution is 6.31. The highest BCUT2D eigenvalue weighted by Crippen LogP contribution is 2.30. The van der Waals surface area contributed by atoms with E-state index in [1.807, 2.05) is 0 Å². The van der Waals surface area contributed by atoms with Crippen molar-refractivity contribution in [3.63, 3.8) is 0 Å². The van der Waals surface area contributed by atoms with Crippen LogP contribution in [0.2, 0.25) is 5.02 Å². The Morgan fingerprint density at radius 1 is 1.45 bits per heavy atom. The van der Waals surface area contributed by atoms with Gasteiger partial charge in [-0.05, 0) is 25.0 Å². The van der Waals surface area contributed by atoms with Gasteiger partial charge in [0.05, 0.1) is 10.8 Å². The van der Waals surface area contributed by atoms with E-state index < -0.39 is 23.4 Å². The monoisotopic (exact) mass is 298 g/mol. The molecule has 8 heteroatoms. The molecule has 1 aliphatic carbocycles. The molecule has 1 amide bonds. The van der Waals surface area contributed by atoms with Gasteiger partial charge in [-0.1, -0.05) is 11.6 Å². The molecule has 0 saturated heterocycles. The number of amides is 1. The quantitative estimate of drug-likeness (QED) is 0.510. The Bertz CT molecular complexity index is 571. The summed E-state index contributed by atoms with van der Waals surface area (Å²) in [6.07, 6.45) is 1.56. The van der Waals surface area contributed by atoms with E-state index in [1.165, 1.54) is 12.1 Å². The van der Waals surface area contributed by atoms with Crippen LogP contribution in [0.5, 0.6) is 0 Å². The normalized spacial score (nSPS) is 13.7. The molecule has 1 N–H and O–H groups in total. The highest BCUT2D eigenvalue weighted by atomic mass is 35.5. The lowest BCUT2D eigenvalue weighted by atomic mass is 10.2. The second-order valence-corrected chi connectivity index (χ2v) is 4.79. The van der Waals surface area contributed by atoms with Crippen molar-refractivity contribution in [2.45, 2.75) is 12.8 Å². The minimum atomic E-state index is -0.655. The minimum Gasteiger partial charge on any atom is -0.455 e. The molecule has 0 bridgehead atoms. The molecular formula is C12H11ClN2O5. The third-order valence-electron chi connectivity index (χ3n) is 2.69. The molecule has 7 nitrogen and oxygen atoms in total. The fraction of sp³-hybridized carbons (Fsp3) is 0.333. The smallest absolute Gasteiger partial charge is 0.309 e. The maximum Gasteiger partial charge on any atom is 0.309 e. The van der Waals surface area contributed by atoms with Gasteiger partial charge >= 0.3 is 5.97 Å². The van der Waals surface area contributed by atoms with Gasteiger partial charge in [0.15, 0.2) is 6.61 Å². The van der Waals surface area contributed by atoms with Crippen LogP contribution >= 0.6 is 11.6 Å². The lowest BCUT2D eigenvalue weighted by Gasteiger charge is -2.07. The van der Waals surface area contributed by atoms with Crippen LogP contribution in [-0.4, -0.2) is 23.4 Å². The van der Waals surface area contributed by atoms with Crippen molar-refractivity contribution in [3.05, 3.63) is 33.3 Å². The molecule has 1 fully saturated rings. The average Bonchev–Trinajstić information content (AvgIpc) is 3.22. The molecule has 0 aliphatic heterocycles. The van der Waals surface area contributed by atoms with Crippen LogP contribution in [-0.2, 0) is 14.3 Å². The first kappa shape index (κ1) is 14.3. The Morgan fingerprint density at radius 3 is 2.75 bits per heavy atom. The van der Waals surface area contributed by atoms with Crippen molar-refractivity contribution >= 4 is 34.9 Å². The second kappa shape index (κ2) is 5.87. The van der Waals surface area contributed by atoms with Gasteiger partial charge in [-0.3, -0.25) is 19.7 Å². The van der Waals surface area contributed by atoms with E-state index >= 15 is 0 Å². The van der Waals surface area contributed by atoms with E-state index in [4.69, 9.17) is 16.3 Å². The molecule has 0 spiro atoms. The molecule has 0 aromatic heterocycles. The number of ether oxygens (including phenoxy) is 1. The van der Waals surface area contributed by atoms with Crippen molar-refractivity contribution in [1.29, 1.82) is 0 Å². The average molecular weight is 299 g/mol. The highest BCUT2D eigenvalue weighted by Gasteiger charge is 2.31. The van der Waals surface area contributed by atoms with Crippen molar-refractivity contribution in [1.82, 2.24) is 0 Å². The number of carbonyl (C=O) groups is 2. The molecule has 1 aromatic carbocycles. The molecular weight excluding hydrogens is 288 g/mol. The van der Waals surface area contributed by atoms with Crippen LogP contribution in [0.4, 0.5) is 11.4 Å². The Hall–Kier alpha value is -2.15. The summed E-state index contributed by atoms with van der Waals surface area (Å²) in [6, 6.07) is 3.87. The SMILES string of the molecule is O=C(COC(=O)C1CC1)Nc1ccc(Cl)cc1[N+](=O)[O-]. The van der Waals surface area contributed by atoms with E-state index in [0.29, 0.717) is 0 Å². The number of hydrogen-bond acceptors (Lipinski definition) is 5. The van der Waals surface area contributed by atoms with Gasteiger partial charge in [-0.2, -0.15) is 0 Å². The summed E-state index contributed by atoms with van der Waals surface area (Å²) in [5, 5.41) is 13.3. The summed E-state index contributed by atoms with van der Waals surface area (Å²) in [4.78, 5) is 33.0. The van der Waals surface area contributed by atoms with Crippen LogP contribution < -0.4 is 5.32 Å². The summed E-state index contributed by atoms with van der Waals surface area (Å²) in [6.45, 7) is -0.463. The van der Waals surface area contributed by atoms with Gasteiger partial charge in [-0.25, -0.2) is 0 Å². The number of nitrogens with one attached hydrogen (secondary N) is 1. The van der Waals surface area contributed by atoms with Gasteiger partial charge in [-0.15, -0.1) is 0 Å². The number of nitro benzene ring substituents is 1. The Labute approximate surface area is 119 Å². The number of hydrogen-bond donors (Lipinski definition) is 1. The molecule has 106 valence electrons. The summed E-state index contributed by atoms with van der Waals surface area (Å²) in [7, 11) is 0. The molecule has 1 aromatic rings. The number of esters is 1. The summed E-state index contributed by atoms with van der Waals surface area (Å²) in [5.74, 6) is -1.15. The van der Waals surface area contributed by atoms with Crippen LogP contribution in [0.15, 0.2) is 18.2 Å². The standard InChI is InChI=1S/C12H11ClN2O5/c13-8-3-4-9(10(5-8)15(18)19)14-11(16)6-20-12(17)7-1-2-7/h3-5,7H,1-2,6H2,(H,14,16). The molecule has 0 unspecified atom stereocenters. The van der Waals surface area contributed by atoms with Crippen LogP contribution in [0.25, 0.3) is 0 Å². The van der Waals surface area contributed by atoms with Crippen molar-refractivity contribution < 1.29 is 19.2 Å². The summed E-state index contributed by atoms with van der Waals surface area (Å²) in [5.41, 5.74) is -0.314. The maximum absolute atomic E-state index is 11.6. The maximum atomic E-state index is 11.6. The zero-order valence-electron chi connectivity index (χ0n) is 10.3. The van der Waals surface area contributed by atoms with Gasteiger partial charge in [0.25, 0.3) is 11.6 Å². The first-order valence-electron chi connectivity index (χ1n) is 5.88. The number of rotatable bonds is 5. The number of carbonyl (C=O) groups excluding carboxylic acids is 2. The molecule has 1 saturated carbocycles. The molecule has 1 aliphatic rings. The van der Waals surface area contributed by atoms with E-state index in [1.54, 1.807) is 0 Å². The number of anilines is 1. The lowest BCUT2D eigenvalue weighted by molar-refractivity contribution is -0.383. The summed E-state index contributed by atoms with van der Waals surface area (Å²) >= 11 is 5.66. The van der Waals surface area contributed by atoms with Crippen molar-refractivity contribution in [3.8, 4) is 0 Å². The molecule has 0 radical (unpaired) electrons. The molecule has 0 heterocycles. The zero-order chi connectivity index (χ0) is 14.7. The molecule has 0 atom stereocenters. The Kier molecular flexibility index (Phi) is 4.19. The van der Waals surface area contributed by atoms with E-state index in [-0.39, 0.29) is 22.3 Å². The van der Waals surface area contributed by atoms with Gasteiger partial charge in [0.2, 0.25) is 0 Å². The number of halogens is 1. The predicted octanol–water partition coefficient (Wildman–Crippen LogP) is 2.14. The Morgan fingerprint density at radius 2 is 2.15 bits per heavy atom. The van der Waals surface area contributed by atoms with Crippen LogP contribution in [0.1, 0.15) is 12.8 Å². The number of nitrogens with zero attached hydrogens (tertiary/aromatic N) is 1. The fourth-order valence-corrected chi connectivity index (χ4v) is 1.69. The van der Waals surface area contributed by atoms with E-state index in [2.05, 4.69) is 5.32 Å². The van der Waals surface area contributed by atoms with E-state index in [9.17, 15) is 19.7 Å². The third kappa shape index (κ3) is 3.67. The third-order valence-corrected chi connectivity index (χ3v) is 2.92. The minimum absolute atomic E-state index is 0.00636. The van der Waals surface area contributed by atoms with Gasteiger partial charge in [0, 0.05) is 11.1 Å². The van der Waals surface area contributed by atoms with Crippen LogP contribution in [0, 0.1) is 16.0 Å². The first-order valence-corrected chi connectivity index (χ1v) is 6.25. The molecule has 2 rings (SSSR count). The first-order chi connectivity index (χ1) is 9.47. The Balaban J connectivity index is 1.96. The predicted molar refractivity (Wildman–Crippen MR) is 70.4 cm³/mol.